The summed E-state index contributed by atoms with van der Waals surface area (Å²) in [4.78, 5) is 13.2. The van der Waals surface area contributed by atoms with Gasteiger partial charge in [0.25, 0.3) is 0 Å². The molecule has 0 saturated heterocycles. The smallest absolute Gasteiger partial charge is 0.319 e. The van der Waals surface area contributed by atoms with Crippen LogP contribution in [0.2, 0.25) is 0 Å². The first kappa shape index (κ1) is 12.6. The van der Waals surface area contributed by atoms with E-state index in [9.17, 15) is 4.79 Å². The molecule has 1 radical (unpaired) electrons. The molecule has 0 heterocycles. The van der Waals surface area contributed by atoms with Gasteiger partial charge >= 0.3 is 6.03 Å². The Morgan fingerprint density at radius 2 is 1.94 bits per heavy atom. The number of urea groups is 1. The Labute approximate surface area is 97.2 Å². The topological polar surface area (TPSA) is 46.3 Å². The number of nitrogens with two attached hydrogens (primary N) is 1. The predicted molar refractivity (Wildman–Crippen MR) is 67.2 cm³/mol. The van der Waals surface area contributed by atoms with Crippen LogP contribution in [0.4, 0.5) is 10.5 Å². The molecule has 0 aliphatic carbocycles. The Hall–Kier alpha value is -1.51. The van der Waals surface area contributed by atoms with Crippen molar-refractivity contribution in [3.05, 3.63) is 36.8 Å². The van der Waals surface area contributed by atoms with E-state index in [1.807, 2.05) is 57.5 Å². The summed E-state index contributed by atoms with van der Waals surface area (Å²) in [6, 6.07) is 9.08. The van der Waals surface area contributed by atoms with Crippen LogP contribution < -0.4 is 10.6 Å². The Kier molecular flexibility index (Phi) is 3.93. The van der Waals surface area contributed by atoms with Gasteiger partial charge in [0.1, 0.15) is 0 Å². The Morgan fingerprint density at radius 3 is 2.38 bits per heavy atom. The fourth-order valence-corrected chi connectivity index (χ4v) is 1.94. The number of primary amides is 1. The van der Waals surface area contributed by atoms with Gasteiger partial charge in [0.15, 0.2) is 0 Å². The molecule has 16 heavy (non-hydrogen) atoms. The Morgan fingerprint density at radius 1 is 1.38 bits per heavy atom. The highest BCUT2D eigenvalue weighted by Gasteiger charge is 2.29. The molecule has 0 aromatic heterocycles. The third kappa shape index (κ3) is 2.75. The quantitative estimate of drug-likeness (QED) is 0.831. The molecule has 2 amide bonds. The molecule has 0 bridgehead atoms. The molecule has 0 aliphatic heterocycles. The van der Waals surface area contributed by atoms with E-state index in [-0.39, 0.29) is 5.54 Å². The van der Waals surface area contributed by atoms with Crippen LogP contribution in [0.25, 0.3) is 0 Å². The number of hydrogen-bond donors (Lipinski definition) is 1. The number of rotatable bonds is 4. The number of amides is 2. The van der Waals surface area contributed by atoms with Gasteiger partial charge in [0.05, 0.1) is 0 Å². The second-order valence-electron chi connectivity index (χ2n) is 4.43. The van der Waals surface area contributed by atoms with Crippen LogP contribution in [0, 0.1) is 6.42 Å². The number of carbonyl (C=O) groups is 1. The molecule has 0 unspecified atom stereocenters. The van der Waals surface area contributed by atoms with Crippen molar-refractivity contribution in [2.24, 2.45) is 5.73 Å². The number of nitrogens with zero attached hydrogens (tertiary/aromatic N) is 1. The van der Waals surface area contributed by atoms with Crippen molar-refractivity contribution < 1.29 is 4.79 Å². The minimum Gasteiger partial charge on any atom is -0.351 e. The second kappa shape index (κ2) is 5.01. The Bertz CT molecular complexity index is 346. The molecule has 2 N–H and O–H groups in total. The van der Waals surface area contributed by atoms with Gasteiger partial charge in [0, 0.05) is 11.2 Å². The average molecular weight is 219 g/mol. The van der Waals surface area contributed by atoms with Gasteiger partial charge < -0.3 is 5.73 Å². The summed E-state index contributed by atoms with van der Waals surface area (Å²) in [5, 5.41) is 0. The van der Waals surface area contributed by atoms with Gasteiger partial charge in [-0.15, -0.1) is 0 Å². The van der Waals surface area contributed by atoms with Crippen molar-refractivity contribution in [3.63, 3.8) is 0 Å². The normalized spacial score (nSPS) is 11.2. The van der Waals surface area contributed by atoms with E-state index < -0.39 is 6.03 Å². The molecule has 0 saturated carbocycles. The molecule has 1 aromatic rings. The number of para-hydroxylation sites is 1. The maximum atomic E-state index is 11.6. The molecule has 0 aliphatic rings. The van der Waals surface area contributed by atoms with E-state index in [1.165, 1.54) is 0 Å². The molecule has 3 heteroatoms. The molecule has 3 nitrogen and oxygen atoms in total. The van der Waals surface area contributed by atoms with Crippen LogP contribution in [0.15, 0.2) is 30.3 Å². The van der Waals surface area contributed by atoms with Crippen molar-refractivity contribution in [2.45, 2.75) is 32.7 Å². The van der Waals surface area contributed by atoms with Gasteiger partial charge in [-0.05, 0) is 38.8 Å². The van der Waals surface area contributed by atoms with Gasteiger partial charge in [-0.1, -0.05) is 25.1 Å². The van der Waals surface area contributed by atoms with E-state index in [0.29, 0.717) is 0 Å². The molecular weight excluding hydrogens is 200 g/mol. The lowest BCUT2D eigenvalue weighted by Crippen LogP contribution is -2.50. The molecule has 87 valence electrons. The standard InChI is InChI=1S/C13H19N2O/c1-4-10-13(2,3)15(12(14)16)11-8-6-5-7-9-11/h4-9H,10H2,1-3H3,(H2,14,16). The Balaban J connectivity index is 3.05. The van der Waals surface area contributed by atoms with Crippen molar-refractivity contribution in [1.82, 2.24) is 0 Å². The molecule has 0 spiro atoms. The fraction of sp³-hybridized carbons (Fsp3) is 0.385. The van der Waals surface area contributed by atoms with E-state index in [2.05, 4.69) is 0 Å². The number of benzene rings is 1. The molecule has 1 aromatic carbocycles. The summed E-state index contributed by atoms with van der Waals surface area (Å²) in [5.74, 6) is 0. The van der Waals surface area contributed by atoms with Crippen molar-refractivity contribution in [3.8, 4) is 0 Å². The summed E-state index contributed by atoms with van der Waals surface area (Å²) in [5.41, 5.74) is 5.99. The van der Waals surface area contributed by atoms with Gasteiger partial charge in [-0.2, -0.15) is 0 Å². The zero-order valence-corrected chi connectivity index (χ0v) is 10.1. The first-order chi connectivity index (χ1) is 7.49. The van der Waals surface area contributed by atoms with Crippen LogP contribution in [0.3, 0.4) is 0 Å². The lowest BCUT2D eigenvalue weighted by molar-refractivity contribution is 0.247. The fourth-order valence-electron chi connectivity index (χ4n) is 1.94. The maximum Gasteiger partial charge on any atom is 0.319 e. The average Bonchev–Trinajstić information content (AvgIpc) is 2.17. The minimum absolute atomic E-state index is 0.304. The SMILES string of the molecule is C[CH]CC(C)(C)N(C(N)=O)c1ccccc1. The molecular formula is C13H19N2O. The zero-order valence-electron chi connectivity index (χ0n) is 10.1. The van der Waals surface area contributed by atoms with E-state index in [4.69, 9.17) is 5.73 Å². The third-order valence-electron chi connectivity index (χ3n) is 2.54. The number of anilines is 1. The zero-order chi connectivity index (χ0) is 12.2. The largest absolute Gasteiger partial charge is 0.351 e. The summed E-state index contributed by atoms with van der Waals surface area (Å²) in [6.07, 6.45) is 2.84. The van der Waals surface area contributed by atoms with Crippen LogP contribution in [-0.2, 0) is 0 Å². The highest BCUT2D eigenvalue weighted by atomic mass is 16.2. The van der Waals surface area contributed by atoms with Crippen molar-refractivity contribution in [2.75, 3.05) is 4.90 Å². The summed E-state index contributed by atoms with van der Waals surface area (Å²) in [6.45, 7) is 5.99. The van der Waals surface area contributed by atoms with E-state index in [0.717, 1.165) is 12.1 Å². The molecule has 1 rings (SSSR count). The van der Waals surface area contributed by atoms with Crippen LogP contribution in [0.1, 0.15) is 27.2 Å². The van der Waals surface area contributed by atoms with Gasteiger partial charge in [-0.3, -0.25) is 4.90 Å². The molecule has 0 atom stereocenters. The number of carbonyl (C=O) groups excluding carboxylic acids is 1. The predicted octanol–water partition coefficient (Wildman–Crippen LogP) is 2.96. The summed E-state index contributed by atoms with van der Waals surface area (Å²) < 4.78 is 0. The highest BCUT2D eigenvalue weighted by molar-refractivity contribution is 5.92. The van der Waals surface area contributed by atoms with E-state index >= 15 is 0 Å². The first-order valence-corrected chi connectivity index (χ1v) is 5.41. The number of hydrogen-bond acceptors (Lipinski definition) is 1. The van der Waals surface area contributed by atoms with Gasteiger partial charge in [0.2, 0.25) is 0 Å². The lowest BCUT2D eigenvalue weighted by Gasteiger charge is -2.37. The third-order valence-corrected chi connectivity index (χ3v) is 2.54. The van der Waals surface area contributed by atoms with Crippen molar-refractivity contribution >= 4 is 11.7 Å². The summed E-state index contributed by atoms with van der Waals surface area (Å²) in [7, 11) is 0. The monoisotopic (exact) mass is 219 g/mol. The lowest BCUT2D eigenvalue weighted by atomic mass is 9.96. The van der Waals surface area contributed by atoms with Crippen LogP contribution in [0.5, 0.6) is 0 Å². The van der Waals surface area contributed by atoms with Gasteiger partial charge in [-0.25, -0.2) is 4.79 Å². The van der Waals surface area contributed by atoms with Crippen molar-refractivity contribution in [1.29, 1.82) is 0 Å². The second-order valence-corrected chi connectivity index (χ2v) is 4.43. The van der Waals surface area contributed by atoms with Crippen LogP contribution >= 0.6 is 0 Å². The summed E-state index contributed by atoms with van der Waals surface area (Å²) >= 11 is 0. The molecule has 0 fully saturated rings. The van der Waals surface area contributed by atoms with E-state index in [1.54, 1.807) is 4.90 Å². The highest BCUT2D eigenvalue weighted by Crippen LogP contribution is 2.26. The maximum absolute atomic E-state index is 11.6. The minimum atomic E-state index is -0.418. The first-order valence-electron chi connectivity index (χ1n) is 5.41. The van der Waals surface area contributed by atoms with Crippen LogP contribution in [-0.4, -0.2) is 11.6 Å².